The lowest BCUT2D eigenvalue weighted by Gasteiger charge is -2.34. The average Bonchev–Trinajstić information content (AvgIpc) is 2.93. The van der Waals surface area contributed by atoms with Gasteiger partial charge in [0.1, 0.15) is 5.82 Å². The minimum atomic E-state index is -1.23. The first-order chi connectivity index (χ1) is 19.6. The number of nitrogens with one attached hydrogen (secondary N) is 2. The Morgan fingerprint density at radius 2 is 1.95 bits per heavy atom. The van der Waals surface area contributed by atoms with E-state index in [1.807, 2.05) is 13.0 Å². The number of hydrogen-bond acceptors (Lipinski definition) is 4. The van der Waals surface area contributed by atoms with Crippen molar-refractivity contribution in [2.75, 3.05) is 17.2 Å². The molecule has 2 aliphatic heterocycles. The number of carbonyl (C=O) groups excluding carboxylic acids is 2. The van der Waals surface area contributed by atoms with E-state index in [0.29, 0.717) is 47.5 Å². The predicted octanol–water partition coefficient (Wildman–Crippen LogP) is 6.89. The normalized spacial score (nSPS) is 19.3. The first-order valence-corrected chi connectivity index (χ1v) is 13.6. The molecule has 0 unspecified atom stereocenters. The number of benzene rings is 2. The van der Waals surface area contributed by atoms with Crippen LogP contribution >= 0.6 is 11.6 Å². The number of rotatable bonds is 3. The number of carboxylic acid groups (broad SMARTS) is 1. The van der Waals surface area contributed by atoms with Gasteiger partial charge in [0, 0.05) is 36.0 Å². The van der Waals surface area contributed by atoms with Gasteiger partial charge in [0.15, 0.2) is 5.82 Å². The highest BCUT2D eigenvalue weighted by Gasteiger charge is 2.31. The number of fused-ring (bicyclic) bond motifs is 4. The Kier molecular flexibility index (Phi) is 8.03. The summed E-state index contributed by atoms with van der Waals surface area (Å²) in [5.74, 6) is -2.65. The lowest BCUT2D eigenvalue weighted by Crippen LogP contribution is -2.38. The molecule has 0 aliphatic carbocycles. The van der Waals surface area contributed by atoms with E-state index >= 15 is 0 Å². The van der Waals surface area contributed by atoms with Gasteiger partial charge in [-0.25, -0.2) is 13.6 Å². The van der Waals surface area contributed by atoms with E-state index in [1.165, 1.54) is 6.08 Å². The highest BCUT2D eigenvalue weighted by atomic mass is 35.5. The number of aromatic nitrogens is 1. The topological polar surface area (TPSA) is 112 Å². The quantitative estimate of drug-likeness (QED) is 0.292. The van der Waals surface area contributed by atoms with Gasteiger partial charge >= 0.3 is 6.09 Å². The van der Waals surface area contributed by atoms with Crippen LogP contribution in [0.1, 0.15) is 49.9 Å². The minimum Gasteiger partial charge on any atom is -0.465 e. The van der Waals surface area contributed by atoms with Gasteiger partial charge in [-0.1, -0.05) is 31.0 Å². The molecule has 3 N–H and O–H groups in total. The van der Waals surface area contributed by atoms with Crippen LogP contribution in [-0.4, -0.2) is 39.4 Å². The fraction of sp³-hybridized carbons (Fsp3) is 0.267. The van der Waals surface area contributed by atoms with Crippen molar-refractivity contribution < 1.29 is 28.3 Å². The van der Waals surface area contributed by atoms with Gasteiger partial charge in [-0.05, 0) is 66.8 Å². The van der Waals surface area contributed by atoms with Crippen LogP contribution in [0.5, 0.6) is 0 Å². The summed E-state index contributed by atoms with van der Waals surface area (Å²) < 4.78 is 29.2. The molecule has 8 nitrogen and oxygen atoms in total. The Hall–Kier alpha value is -4.31. The van der Waals surface area contributed by atoms with Crippen molar-refractivity contribution in [2.45, 2.75) is 38.6 Å². The number of carbonyl (C=O) groups is 3. The van der Waals surface area contributed by atoms with E-state index in [1.54, 1.807) is 35.4 Å². The largest absolute Gasteiger partial charge is 0.465 e. The van der Waals surface area contributed by atoms with Gasteiger partial charge in [0.2, 0.25) is 11.8 Å². The number of nitrogens with zero attached hydrogens (tertiary/aromatic N) is 2. The van der Waals surface area contributed by atoms with Crippen LogP contribution in [0.4, 0.5) is 25.0 Å². The predicted molar refractivity (Wildman–Crippen MR) is 151 cm³/mol. The highest BCUT2D eigenvalue weighted by molar-refractivity contribution is 6.31. The van der Waals surface area contributed by atoms with Crippen molar-refractivity contribution in [3.63, 3.8) is 0 Å². The molecule has 212 valence electrons. The molecule has 2 atom stereocenters. The van der Waals surface area contributed by atoms with E-state index in [4.69, 9.17) is 16.7 Å². The molecule has 2 bridgehead atoms. The number of anilines is 2. The second-order valence-electron chi connectivity index (χ2n) is 10.2. The second kappa shape index (κ2) is 11.7. The molecular weight excluding hydrogens is 554 g/mol. The molecule has 0 spiro atoms. The Labute approximate surface area is 240 Å². The molecule has 0 saturated carbocycles. The third-order valence-electron chi connectivity index (χ3n) is 7.47. The van der Waals surface area contributed by atoms with Gasteiger partial charge in [-0.3, -0.25) is 19.9 Å². The van der Waals surface area contributed by atoms with Crippen molar-refractivity contribution in [2.24, 2.45) is 5.92 Å². The Morgan fingerprint density at radius 1 is 1.15 bits per heavy atom. The fourth-order valence-corrected chi connectivity index (χ4v) is 5.51. The molecule has 11 heteroatoms. The standard InChI is InChI=1S/C30H27ClF2N4O4/c1-16-3-2-4-25(37-12-10-18(14-26(37)38)27-22(32)8-7-21(31)28(27)33)24-13-17(9-11-34-24)20-6-5-19(35-30(40)41)15-23(20)36-29(16)39/h5-9,11,13-16,25,35H,2-4,10,12H2,1H3,(H,36,39)(H,40,41)/t16-,25+/m0/s1. The third kappa shape index (κ3) is 5.92. The van der Waals surface area contributed by atoms with Gasteiger partial charge in [0.05, 0.1) is 28.0 Å². The Morgan fingerprint density at radius 3 is 2.71 bits per heavy atom. The van der Waals surface area contributed by atoms with Gasteiger partial charge in [0.25, 0.3) is 0 Å². The molecule has 0 radical (unpaired) electrons. The summed E-state index contributed by atoms with van der Waals surface area (Å²) in [5, 5.41) is 14.2. The smallest absolute Gasteiger partial charge is 0.409 e. The maximum atomic E-state index is 14.7. The van der Waals surface area contributed by atoms with Gasteiger partial charge in [-0.15, -0.1) is 0 Å². The lowest BCUT2D eigenvalue weighted by molar-refractivity contribution is -0.129. The average molecular weight is 581 g/mol. The van der Waals surface area contributed by atoms with E-state index in [-0.39, 0.29) is 40.9 Å². The monoisotopic (exact) mass is 580 g/mol. The molecule has 2 aliphatic rings. The van der Waals surface area contributed by atoms with Crippen LogP contribution in [0.15, 0.2) is 54.7 Å². The molecule has 3 amide bonds. The minimum absolute atomic E-state index is 0.211. The summed E-state index contributed by atoms with van der Waals surface area (Å²) in [7, 11) is 0. The van der Waals surface area contributed by atoms with Crippen molar-refractivity contribution in [1.29, 1.82) is 0 Å². The van der Waals surface area contributed by atoms with Crippen LogP contribution in [0.3, 0.4) is 0 Å². The first kappa shape index (κ1) is 28.2. The van der Waals surface area contributed by atoms with Crippen LogP contribution in [0.25, 0.3) is 16.7 Å². The summed E-state index contributed by atoms with van der Waals surface area (Å²) in [6.45, 7) is 2.02. The summed E-state index contributed by atoms with van der Waals surface area (Å²) in [6.07, 6.45) is 3.53. The van der Waals surface area contributed by atoms with E-state index in [9.17, 15) is 23.2 Å². The summed E-state index contributed by atoms with van der Waals surface area (Å²) >= 11 is 5.88. The number of halogens is 3. The van der Waals surface area contributed by atoms with Crippen molar-refractivity contribution >= 4 is 46.5 Å². The van der Waals surface area contributed by atoms with Crippen molar-refractivity contribution in [3.05, 3.63) is 82.7 Å². The molecule has 5 rings (SSSR count). The summed E-state index contributed by atoms with van der Waals surface area (Å²) in [5.41, 5.74) is 2.69. The number of hydrogen-bond donors (Lipinski definition) is 3. The van der Waals surface area contributed by atoms with Crippen LogP contribution in [0.2, 0.25) is 5.02 Å². The van der Waals surface area contributed by atoms with Crippen molar-refractivity contribution in [3.8, 4) is 11.1 Å². The summed E-state index contributed by atoms with van der Waals surface area (Å²) in [4.78, 5) is 43.9. The highest BCUT2D eigenvalue weighted by Crippen LogP contribution is 2.38. The van der Waals surface area contributed by atoms with Gasteiger partial charge in [-0.2, -0.15) is 0 Å². The summed E-state index contributed by atoms with van der Waals surface area (Å²) in [6, 6.07) is 10.3. The molecule has 0 fully saturated rings. The van der Waals surface area contributed by atoms with Crippen LogP contribution in [-0.2, 0) is 9.59 Å². The zero-order valence-electron chi connectivity index (χ0n) is 22.1. The Balaban J connectivity index is 1.53. The maximum absolute atomic E-state index is 14.7. The van der Waals surface area contributed by atoms with E-state index in [2.05, 4.69) is 15.6 Å². The van der Waals surface area contributed by atoms with Crippen molar-refractivity contribution in [1.82, 2.24) is 9.88 Å². The van der Waals surface area contributed by atoms with Crippen LogP contribution < -0.4 is 10.6 Å². The first-order valence-electron chi connectivity index (χ1n) is 13.2. The molecule has 41 heavy (non-hydrogen) atoms. The molecule has 3 aromatic rings. The zero-order valence-corrected chi connectivity index (χ0v) is 22.8. The fourth-order valence-electron chi connectivity index (χ4n) is 5.35. The van der Waals surface area contributed by atoms with Gasteiger partial charge < -0.3 is 15.3 Å². The molecule has 1 aromatic heterocycles. The lowest BCUT2D eigenvalue weighted by atomic mass is 9.92. The van der Waals surface area contributed by atoms with E-state index < -0.39 is 29.7 Å². The third-order valence-corrected chi connectivity index (χ3v) is 7.76. The molecule has 2 aromatic carbocycles. The maximum Gasteiger partial charge on any atom is 0.409 e. The number of pyridine rings is 1. The SMILES string of the molecule is C[C@H]1CCC[C@@H](N2CCC(c3c(F)ccc(Cl)c3F)=CC2=O)c2cc(ccn2)-c2ccc(NC(=O)O)cc2NC1=O. The molecule has 3 heterocycles. The number of amides is 3. The zero-order chi connectivity index (χ0) is 29.3. The second-order valence-corrected chi connectivity index (χ2v) is 10.6. The van der Waals surface area contributed by atoms with Crippen LogP contribution in [0, 0.1) is 17.6 Å². The Bertz CT molecular complexity index is 1580. The molecule has 0 saturated heterocycles. The molecular formula is C30H27ClF2N4O4. The van der Waals surface area contributed by atoms with E-state index in [0.717, 1.165) is 12.1 Å².